The highest BCUT2D eigenvalue weighted by molar-refractivity contribution is 5.78. The molecule has 0 radical (unpaired) electrons. The largest absolute Gasteiger partial charge is 0.334 e. The molecule has 0 amide bonds. The second-order valence-electron chi connectivity index (χ2n) is 9.71. The molecule has 0 fully saturated rings. The zero-order chi connectivity index (χ0) is 25.8. The average Bonchev–Trinajstić information content (AvgIpc) is 3.65. The first kappa shape index (κ1) is 24.4. The Kier molecular flexibility index (Phi) is 7.11. The maximum Gasteiger partial charge on any atom is 0.334 e. The Balaban J connectivity index is 1.46. The van der Waals surface area contributed by atoms with Gasteiger partial charge in [0.25, 0.3) is 0 Å². The number of hydrogen-bond acceptors (Lipinski definition) is 5. The molecule has 0 atom stereocenters. The fourth-order valence-corrected chi connectivity index (χ4v) is 4.63. The van der Waals surface area contributed by atoms with Gasteiger partial charge in [-0.1, -0.05) is 57.5 Å². The molecule has 0 aliphatic rings. The Labute approximate surface area is 215 Å². The molecular formula is C28H32N8O. The summed E-state index contributed by atoms with van der Waals surface area (Å²) in [7, 11) is 0. The van der Waals surface area contributed by atoms with E-state index in [1.807, 2.05) is 71.7 Å². The van der Waals surface area contributed by atoms with Gasteiger partial charge in [-0.3, -0.25) is 14.1 Å². The van der Waals surface area contributed by atoms with E-state index in [4.69, 9.17) is 4.98 Å². The van der Waals surface area contributed by atoms with Crippen molar-refractivity contribution in [3.05, 3.63) is 88.9 Å². The molecule has 0 saturated heterocycles. The number of nitrogens with one attached hydrogen (secondary N) is 1. The van der Waals surface area contributed by atoms with E-state index in [9.17, 15) is 4.79 Å². The second-order valence-corrected chi connectivity index (χ2v) is 9.71. The van der Waals surface area contributed by atoms with Crippen LogP contribution in [0.15, 0.2) is 71.9 Å². The van der Waals surface area contributed by atoms with Gasteiger partial charge in [-0.2, -0.15) is 5.21 Å². The van der Waals surface area contributed by atoms with E-state index >= 15 is 0 Å². The Bertz CT molecular complexity index is 1510. The van der Waals surface area contributed by atoms with Gasteiger partial charge in [-0.15, -0.1) is 10.2 Å². The fourth-order valence-electron chi connectivity index (χ4n) is 4.63. The quantitative estimate of drug-likeness (QED) is 0.301. The van der Waals surface area contributed by atoms with Crippen molar-refractivity contribution in [2.24, 2.45) is 5.92 Å². The monoisotopic (exact) mass is 496 g/mol. The Morgan fingerprint density at radius 1 is 1.03 bits per heavy atom. The molecule has 0 saturated carbocycles. The zero-order valence-corrected chi connectivity index (χ0v) is 21.5. The maximum atomic E-state index is 13.6. The van der Waals surface area contributed by atoms with Crippen molar-refractivity contribution in [2.75, 3.05) is 0 Å². The van der Waals surface area contributed by atoms with E-state index in [1.54, 1.807) is 4.57 Å². The Hall–Kier alpha value is -4.27. The minimum Gasteiger partial charge on any atom is -0.334 e. The molecule has 0 aliphatic carbocycles. The van der Waals surface area contributed by atoms with Crippen molar-refractivity contribution >= 4 is 0 Å². The lowest BCUT2D eigenvalue weighted by molar-refractivity contribution is 0.516. The Morgan fingerprint density at radius 3 is 2.57 bits per heavy atom. The van der Waals surface area contributed by atoms with Crippen LogP contribution in [-0.4, -0.2) is 39.3 Å². The third kappa shape index (κ3) is 5.16. The molecule has 5 rings (SSSR count). The van der Waals surface area contributed by atoms with Gasteiger partial charge in [0.2, 0.25) is 5.82 Å². The average molecular weight is 497 g/mol. The molecule has 0 aliphatic heterocycles. The van der Waals surface area contributed by atoms with Gasteiger partial charge in [0, 0.05) is 42.0 Å². The van der Waals surface area contributed by atoms with Crippen molar-refractivity contribution in [1.82, 2.24) is 39.3 Å². The van der Waals surface area contributed by atoms with Crippen LogP contribution in [0.1, 0.15) is 44.9 Å². The van der Waals surface area contributed by atoms with Crippen LogP contribution in [0.3, 0.4) is 0 Å². The number of nitrogens with zero attached hydrogens (tertiary/aromatic N) is 7. The van der Waals surface area contributed by atoms with Gasteiger partial charge in [0.15, 0.2) is 0 Å². The Morgan fingerprint density at radius 2 is 1.86 bits per heavy atom. The molecule has 1 N–H and O–H groups in total. The smallest absolute Gasteiger partial charge is 0.334 e. The number of benzene rings is 1. The lowest BCUT2D eigenvalue weighted by Crippen LogP contribution is -2.26. The number of rotatable bonds is 10. The van der Waals surface area contributed by atoms with Crippen LogP contribution in [-0.2, 0) is 19.5 Å². The standard InChI is InChI=1S/C28H32N8O/c1-4-5-9-22-19-36(26-12-8-15-34(26)17-20(2)3)28(37)35(22)18-21-13-14-25(29-16-21)23-10-6-7-11-24(23)27-30-32-33-31-27/h6-8,10-16,19-20H,4-5,9,17-18H2,1-3H3,(H,30,31,32,33). The summed E-state index contributed by atoms with van der Waals surface area (Å²) >= 11 is 0. The van der Waals surface area contributed by atoms with Crippen molar-refractivity contribution in [2.45, 2.75) is 53.1 Å². The van der Waals surface area contributed by atoms with Crippen LogP contribution < -0.4 is 5.69 Å². The first-order valence-electron chi connectivity index (χ1n) is 12.8. The predicted octanol–water partition coefficient (Wildman–Crippen LogP) is 4.73. The van der Waals surface area contributed by atoms with Crippen LogP contribution in [0, 0.1) is 5.92 Å². The van der Waals surface area contributed by atoms with Crippen LogP contribution >= 0.6 is 0 Å². The molecule has 9 heteroatoms. The SMILES string of the molecule is CCCCc1cn(-c2cccn2CC(C)C)c(=O)n1Cc1ccc(-c2ccccc2-c2nn[nH]n2)nc1. The molecule has 190 valence electrons. The van der Waals surface area contributed by atoms with E-state index in [2.05, 4.69) is 46.0 Å². The summed E-state index contributed by atoms with van der Waals surface area (Å²) in [4.78, 5) is 18.4. The van der Waals surface area contributed by atoms with Crippen LogP contribution in [0.4, 0.5) is 0 Å². The number of tetrazole rings is 1. The molecule has 4 aromatic heterocycles. The third-order valence-electron chi connectivity index (χ3n) is 6.42. The van der Waals surface area contributed by atoms with Crippen molar-refractivity contribution < 1.29 is 0 Å². The summed E-state index contributed by atoms with van der Waals surface area (Å²) in [6, 6.07) is 15.9. The highest BCUT2D eigenvalue weighted by Crippen LogP contribution is 2.28. The van der Waals surface area contributed by atoms with Gasteiger partial charge in [-0.25, -0.2) is 4.79 Å². The molecule has 5 aromatic rings. The summed E-state index contributed by atoms with van der Waals surface area (Å²) in [5.74, 6) is 1.91. The molecule has 0 spiro atoms. The number of pyridine rings is 1. The van der Waals surface area contributed by atoms with Crippen LogP contribution in [0.5, 0.6) is 0 Å². The number of hydrogen-bond donors (Lipinski definition) is 1. The van der Waals surface area contributed by atoms with Crippen molar-refractivity contribution in [3.63, 3.8) is 0 Å². The maximum absolute atomic E-state index is 13.6. The minimum absolute atomic E-state index is 0.0265. The lowest BCUT2D eigenvalue weighted by atomic mass is 10.0. The van der Waals surface area contributed by atoms with E-state index in [1.165, 1.54) is 0 Å². The summed E-state index contributed by atoms with van der Waals surface area (Å²) in [5.41, 5.74) is 4.57. The van der Waals surface area contributed by atoms with Gasteiger partial charge >= 0.3 is 5.69 Å². The highest BCUT2D eigenvalue weighted by Gasteiger charge is 2.16. The molecule has 1 aromatic carbocycles. The van der Waals surface area contributed by atoms with E-state index in [0.717, 1.165) is 59.7 Å². The van der Waals surface area contributed by atoms with Crippen molar-refractivity contribution in [3.8, 4) is 28.5 Å². The number of aromatic nitrogens is 8. The highest BCUT2D eigenvalue weighted by atomic mass is 16.1. The van der Waals surface area contributed by atoms with Gasteiger partial charge in [0.05, 0.1) is 12.2 Å². The topological polar surface area (TPSA) is 99.2 Å². The van der Waals surface area contributed by atoms with Gasteiger partial charge in [0.1, 0.15) is 5.82 Å². The fraction of sp³-hybridized carbons (Fsp3) is 0.321. The van der Waals surface area contributed by atoms with Crippen molar-refractivity contribution in [1.29, 1.82) is 0 Å². The van der Waals surface area contributed by atoms with Crippen LogP contribution in [0.25, 0.3) is 28.5 Å². The van der Waals surface area contributed by atoms with Crippen LogP contribution in [0.2, 0.25) is 0 Å². The second kappa shape index (κ2) is 10.8. The number of aryl methyl sites for hydroxylation is 1. The summed E-state index contributed by atoms with van der Waals surface area (Å²) in [6.07, 6.45) is 8.84. The van der Waals surface area contributed by atoms with E-state index in [0.29, 0.717) is 18.3 Å². The molecule has 9 nitrogen and oxygen atoms in total. The molecule has 37 heavy (non-hydrogen) atoms. The number of unbranched alkanes of at least 4 members (excludes halogenated alkanes) is 1. The normalized spacial score (nSPS) is 11.5. The number of H-pyrrole nitrogens is 1. The summed E-state index contributed by atoms with van der Waals surface area (Å²) in [5, 5.41) is 14.4. The van der Waals surface area contributed by atoms with E-state index in [-0.39, 0.29) is 5.69 Å². The number of aromatic amines is 1. The first-order valence-corrected chi connectivity index (χ1v) is 12.8. The summed E-state index contributed by atoms with van der Waals surface area (Å²) in [6.45, 7) is 7.86. The predicted molar refractivity (Wildman–Crippen MR) is 143 cm³/mol. The first-order chi connectivity index (χ1) is 18.0. The third-order valence-corrected chi connectivity index (χ3v) is 6.42. The number of imidazole rings is 1. The summed E-state index contributed by atoms with van der Waals surface area (Å²) < 4.78 is 5.82. The van der Waals surface area contributed by atoms with E-state index < -0.39 is 0 Å². The van der Waals surface area contributed by atoms with Gasteiger partial charge < -0.3 is 4.57 Å². The molecular weight excluding hydrogens is 464 g/mol. The zero-order valence-electron chi connectivity index (χ0n) is 21.5. The molecule has 0 unspecified atom stereocenters. The minimum atomic E-state index is -0.0265. The lowest BCUT2D eigenvalue weighted by Gasteiger charge is -2.11. The van der Waals surface area contributed by atoms with Gasteiger partial charge in [-0.05, 0) is 47.7 Å². The molecule has 0 bridgehead atoms. The molecule has 4 heterocycles.